The number of hydrogen-bond donors (Lipinski definition) is 0. The summed E-state index contributed by atoms with van der Waals surface area (Å²) >= 11 is 3.41. The van der Waals surface area contributed by atoms with Gasteiger partial charge in [-0.25, -0.2) is 0 Å². The van der Waals surface area contributed by atoms with Crippen LogP contribution in [-0.2, 0) is 9.53 Å². The standard InChI is InChI=1S/C12H12BrNO2/c13-10-6-9-7-16-12(14(9)11(10)15)8-4-2-1-3-5-8/h1-5,9-10,12H,6-7H2/t9-,10+,12-/m0/s1. The molecule has 1 amide bonds. The van der Waals surface area contributed by atoms with E-state index in [1.165, 1.54) is 0 Å². The van der Waals surface area contributed by atoms with Gasteiger partial charge in [-0.3, -0.25) is 4.79 Å². The molecule has 0 saturated carbocycles. The van der Waals surface area contributed by atoms with Crippen molar-refractivity contribution in [3.8, 4) is 0 Å². The summed E-state index contributed by atoms with van der Waals surface area (Å²) in [6, 6.07) is 10.1. The third-order valence-corrected chi connectivity index (χ3v) is 3.94. The van der Waals surface area contributed by atoms with Crippen LogP contribution in [-0.4, -0.2) is 28.3 Å². The van der Waals surface area contributed by atoms with Gasteiger partial charge in [0.25, 0.3) is 0 Å². The number of carbonyl (C=O) groups is 1. The van der Waals surface area contributed by atoms with Crippen molar-refractivity contribution < 1.29 is 9.53 Å². The molecule has 0 aliphatic carbocycles. The smallest absolute Gasteiger partial charge is 0.239 e. The second kappa shape index (κ2) is 3.86. The molecule has 0 aromatic heterocycles. The van der Waals surface area contributed by atoms with Crippen molar-refractivity contribution in [3.05, 3.63) is 35.9 Å². The zero-order chi connectivity index (χ0) is 11.1. The molecule has 0 N–H and O–H groups in total. The molecular weight excluding hydrogens is 270 g/mol. The molecule has 16 heavy (non-hydrogen) atoms. The number of rotatable bonds is 1. The van der Waals surface area contributed by atoms with Crippen molar-refractivity contribution in [1.29, 1.82) is 0 Å². The first-order chi connectivity index (χ1) is 7.77. The third-order valence-electron chi connectivity index (χ3n) is 3.18. The van der Waals surface area contributed by atoms with E-state index in [1.54, 1.807) is 0 Å². The molecule has 0 unspecified atom stereocenters. The summed E-state index contributed by atoms with van der Waals surface area (Å²) in [6.07, 6.45) is 0.656. The van der Waals surface area contributed by atoms with Crippen molar-refractivity contribution in [2.45, 2.75) is 23.5 Å². The number of carbonyl (C=O) groups excluding carboxylic acids is 1. The summed E-state index contributed by atoms with van der Waals surface area (Å²) < 4.78 is 5.71. The van der Waals surface area contributed by atoms with Crippen LogP contribution in [0.4, 0.5) is 0 Å². The van der Waals surface area contributed by atoms with E-state index >= 15 is 0 Å². The quantitative estimate of drug-likeness (QED) is 0.738. The highest BCUT2D eigenvalue weighted by Crippen LogP contribution is 2.39. The molecule has 0 bridgehead atoms. The summed E-state index contributed by atoms with van der Waals surface area (Å²) in [5.74, 6) is 0.149. The predicted octanol–water partition coefficient (Wildman–Crippen LogP) is 2.08. The minimum Gasteiger partial charge on any atom is -0.352 e. The average Bonchev–Trinajstić information content (AvgIpc) is 2.83. The molecule has 3 nitrogen and oxygen atoms in total. The van der Waals surface area contributed by atoms with E-state index in [-0.39, 0.29) is 23.0 Å². The Labute approximate surface area is 103 Å². The molecule has 1 aromatic rings. The van der Waals surface area contributed by atoms with Gasteiger partial charge in [0.05, 0.1) is 17.5 Å². The summed E-state index contributed by atoms with van der Waals surface area (Å²) in [4.78, 5) is 13.8. The van der Waals surface area contributed by atoms with Crippen molar-refractivity contribution in [2.24, 2.45) is 0 Å². The van der Waals surface area contributed by atoms with Crippen LogP contribution >= 0.6 is 15.9 Å². The largest absolute Gasteiger partial charge is 0.352 e. The molecule has 2 aliphatic rings. The fourth-order valence-electron chi connectivity index (χ4n) is 2.41. The van der Waals surface area contributed by atoms with Gasteiger partial charge in [-0.05, 0) is 6.42 Å². The first-order valence-corrected chi connectivity index (χ1v) is 6.32. The lowest BCUT2D eigenvalue weighted by molar-refractivity contribution is -0.133. The molecule has 3 atom stereocenters. The summed E-state index contributed by atoms with van der Waals surface area (Å²) in [5, 5.41) is 0. The van der Waals surface area contributed by atoms with Crippen molar-refractivity contribution >= 4 is 21.8 Å². The number of hydrogen-bond acceptors (Lipinski definition) is 2. The number of benzene rings is 1. The van der Waals surface area contributed by atoms with Crippen LogP contribution in [0.15, 0.2) is 30.3 Å². The number of halogens is 1. The van der Waals surface area contributed by atoms with E-state index < -0.39 is 0 Å². The summed E-state index contributed by atoms with van der Waals surface area (Å²) in [6.45, 7) is 0.646. The second-order valence-corrected chi connectivity index (χ2v) is 5.30. The number of ether oxygens (including phenoxy) is 1. The van der Waals surface area contributed by atoms with Crippen molar-refractivity contribution in [2.75, 3.05) is 6.61 Å². The first-order valence-electron chi connectivity index (χ1n) is 5.40. The Kier molecular flexibility index (Phi) is 2.48. The van der Waals surface area contributed by atoms with Crippen LogP contribution in [0.5, 0.6) is 0 Å². The molecule has 1 aromatic carbocycles. The van der Waals surface area contributed by atoms with Gasteiger partial charge in [-0.1, -0.05) is 46.3 Å². The molecule has 0 radical (unpaired) electrons. The van der Waals surface area contributed by atoms with Crippen molar-refractivity contribution in [3.63, 3.8) is 0 Å². The van der Waals surface area contributed by atoms with Crippen LogP contribution in [0.1, 0.15) is 18.2 Å². The second-order valence-electron chi connectivity index (χ2n) is 4.20. The lowest BCUT2D eigenvalue weighted by atomic mass is 10.2. The number of alkyl halides is 1. The van der Waals surface area contributed by atoms with Gasteiger partial charge in [0, 0.05) is 5.56 Å². The van der Waals surface area contributed by atoms with Gasteiger partial charge >= 0.3 is 0 Å². The SMILES string of the molecule is O=C1[C@H](Br)C[C@H]2CO[C@@H](c3ccccc3)N12. The minimum absolute atomic E-state index is 0.0346. The van der Waals surface area contributed by atoms with E-state index in [2.05, 4.69) is 15.9 Å². The zero-order valence-electron chi connectivity index (χ0n) is 8.67. The maximum Gasteiger partial charge on any atom is 0.239 e. The number of nitrogens with zero attached hydrogens (tertiary/aromatic N) is 1. The summed E-state index contributed by atoms with van der Waals surface area (Å²) in [7, 11) is 0. The molecule has 3 rings (SSSR count). The lowest BCUT2D eigenvalue weighted by Gasteiger charge is -2.22. The topological polar surface area (TPSA) is 29.5 Å². The monoisotopic (exact) mass is 281 g/mol. The Hall–Kier alpha value is -0.870. The Morgan fingerprint density at radius 2 is 2.06 bits per heavy atom. The van der Waals surface area contributed by atoms with Gasteiger partial charge in [0.1, 0.15) is 0 Å². The third kappa shape index (κ3) is 1.48. The molecule has 2 fully saturated rings. The summed E-state index contributed by atoms with van der Waals surface area (Å²) in [5.41, 5.74) is 1.06. The van der Waals surface area contributed by atoms with Crippen LogP contribution < -0.4 is 0 Å². The van der Waals surface area contributed by atoms with E-state index in [1.807, 2.05) is 35.2 Å². The lowest BCUT2D eigenvalue weighted by Crippen LogP contribution is -2.32. The molecule has 2 heterocycles. The average molecular weight is 282 g/mol. The molecule has 2 saturated heterocycles. The molecule has 4 heteroatoms. The van der Waals surface area contributed by atoms with Crippen LogP contribution in [0, 0.1) is 0 Å². The minimum atomic E-state index is -0.193. The Morgan fingerprint density at radius 1 is 1.31 bits per heavy atom. The van der Waals surface area contributed by atoms with Crippen LogP contribution in [0.2, 0.25) is 0 Å². The maximum absolute atomic E-state index is 12.0. The fraction of sp³-hybridized carbons (Fsp3) is 0.417. The Morgan fingerprint density at radius 3 is 2.81 bits per heavy atom. The van der Waals surface area contributed by atoms with E-state index in [0.717, 1.165) is 12.0 Å². The van der Waals surface area contributed by atoms with Gasteiger partial charge in [0.15, 0.2) is 6.23 Å². The van der Waals surface area contributed by atoms with Crippen molar-refractivity contribution in [1.82, 2.24) is 4.90 Å². The fourth-order valence-corrected chi connectivity index (χ4v) is 3.08. The predicted molar refractivity (Wildman–Crippen MR) is 63.1 cm³/mol. The Balaban J connectivity index is 1.91. The van der Waals surface area contributed by atoms with E-state index in [0.29, 0.717) is 6.61 Å². The number of fused-ring (bicyclic) bond motifs is 1. The molecule has 2 aliphatic heterocycles. The highest BCUT2D eigenvalue weighted by molar-refractivity contribution is 9.10. The zero-order valence-corrected chi connectivity index (χ0v) is 10.3. The van der Waals surface area contributed by atoms with Gasteiger partial charge in [0.2, 0.25) is 5.91 Å². The molecule has 0 spiro atoms. The Bertz CT molecular complexity index is 409. The molecular formula is C12H12BrNO2. The first kappa shape index (κ1) is 10.3. The normalized spacial score (nSPS) is 33.2. The van der Waals surface area contributed by atoms with Gasteiger partial charge in [-0.15, -0.1) is 0 Å². The van der Waals surface area contributed by atoms with E-state index in [9.17, 15) is 4.79 Å². The van der Waals surface area contributed by atoms with Gasteiger partial charge < -0.3 is 9.64 Å². The van der Waals surface area contributed by atoms with E-state index in [4.69, 9.17) is 4.74 Å². The van der Waals surface area contributed by atoms with Crippen LogP contribution in [0.3, 0.4) is 0 Å². The highest BCUT2D eigenvalue weighted by Gasteiger charge is 2.47. The highest BCUT2D eigenvalue weighted by atomic mass is 79.9. The van der Waals surface area contributed by atoms with Gasteiger partial charge in [-0.2, -0.15) is 0 Å². The van der Waals surface area contributed by atoms with Crippen LogP contribution in [0.25, 0.3) is 0 Å². The molecule has 84 valence electrons. The maximum atomic E-state index is 12.0. The number of amides is 1.